The van der Waals surface area contributed by atoms with E-state index in [-0.39, 0.29) is 0 Å². The first-order valence-corrected chi connectivity index (χ1v) is 5.29. The maximum absolute atomic E-state index is 10.7. The summed E-state index contributed by atoms with van der Waals surface area (Å²) in [6, 6.07) is 1.67. The molecule has 0 fully saturated rings. The monoisotopic (exact) mass is 322 g/mol. The summed E-state index contributed by atoms with van der Waals surface area (Å²) < 4.78 is 11.5. The van der Waals surface area contributed by atoms with Gasteiger partial charge in [-0.2, -0.15) is 0 Å². The molecule has 0 aromatic heterocycles. The van der Waals surface area contributed by atoms with E-state index in [1.165, 1.54) is 14.2 Å². The highest BCUT2D eigenvalue weighted by molar-refractivity contribution is 9.11. The molecule has 0 aliphatic rings. The molecule has 0 aliphatic carbocycles. The van der Waals surface area contributed by atoms with Crippen molar-refractivity contribution in [1.29, 1.82) is 0 Å². The lowest BCUT2D eigenvalue weighted by atomic mass is 10.2. The molecule has 5 heteroatoms. The van der Waals surface area contributed by atoms with Gasteiger partial charge < -0.3 is 9.47 Å². The lowest BCUT2D eigenvalue weighted by Gasteiger charge is -2.12. The minimum atomic E-state index is 0.504. The molecule has 0 spiro atoms. The quantitative estimate of drug-likeness (QED) is 0.802. The van der Waals surface area contributed by atoms with Crippen LogP contribution in [0.3, 0.4) is 0 Å². The first kappa shape index (κ1) is 11.5. The maximum Gasteiger partial charge on any atom is 0.176 e. The first-order chi connectivity index (χ1) is 6.65. The van der Waals surface area contributed by atoms with Crippen LogP contribution in [0.4, 0.5) is 0 Å². The van der Waals surface area contributed by atoms with E-state index in [2.05, 4.69) is 31.9 Å². The van der Waals surface area contributed by atoms with Gasteiger partial charge in [-0.05, 0) is 37.9 Å². The number of carbonyl (C=O) groups is 1. The van der Waals surface area contributed by atoms with Gasteiger partial charge in [-0.3, -0.25) is 4.79 Å². The molecule has 0 amide bonds. The number of ether oxygens (including phenoxy) is 2. The van der Waals surface area contributed by atoms with Crippen molar-refractivity contribution in [2.75, 3.05) is 14.2 Å². The van der Waals surface area contributed by atoms with Crippen molar-refractivity contribution in [2.45, 2.75) is 0 Å². The second kappa shape index (κ2) is 4.79. The maximum atomic E-state index is 10.7. The number of hydrogen-bond donors (Lipinski definition) is 0. The Hall–Kier alpha value is -0.550. The fourth-order valence-electron chi connectivity index (χ4n) is 1.06. The van der Waals surface area contributed by atoms with Gasteiger partial charge in [0.15, 0.2) is 17.8 Å². The standard InChI is InChI=1S/C9H8Br2O3/c1-13-8-6(10)3-5(4-12)7(11)9(8)14-2/h3-4H,1-2H3. The Bertz CT molecular complexity index is 364. The smallest absolute Gasteiger partial charge is 0.176 e. The van der Waals surface area contributed by atoms with Gasteiger partial charge >= 0.3 is 0 Å². The van der Waals surface area contributed by atoms with E-state index >= 15 is 0 Å². The Morgan fingerprint density at radius 3 is 2.21 bits per heavy atom. The summed E-state index contributed by atoms with van der Waals surface area (Å²) in [5, 5.41) is 0. The third kappa shape index (κ3) is 1.93. The zero-order chi connectivity index (χ0) is 10.7. The van der Waals surface area contributed by atoms with E-state index < -0.39 is 0 Å². The van der Waals surface area contributed by atoms with E-state index in [0.717, 1.165) is 6.29 Å². The van der Waals surface area contributed by atoms with Gasteiger partial charge in [-0.1, -0.05) is 0 Å². The average Bonchev–Trinajstić information content (AvgIpc) is 2.20. The van der Waals surface area contributed by atoms with Crippen LogP contribution in [0.15, 0.2) is 15.0 Å². The SMILES string of the molecule is COc1c(Br)cc(C=O)c(Br)c1OC. The minimum absolute atomic E-state index is 0.504. The Kier molecular flexibility index (Phi) is 3.95. The minimum Gasteiger partial charge on any atom is -0.492 e. The lowest BCUT2D eigenvalue weighted by molar-refractivity contribution is 0.112. The van der Waals surface area contributed by atoms with Crippen LogP contribution in [0.25, 0.3) is 0 Å². The molecule has 0 bridgehead atoms. The van der Waals surface area contributed by atoms with E-state index in [1.807, 2.05) is 0 Å². The highest BCUT2D eigenvalue weighted by Crippen LogP contribution is 2.42. The zero-order valence-electron chi connectivity index (χ0n) is 7.64. The van der Waals surface area contributed by atoms with Crippen LogP contribution >= 0.6 is 31.9 Å². The molecule has 3 nitrogen and oxygen atoms in total. The molecule has 14 heavy (non-hydrogen) atoms. The predicted molar refractivity (Wildman–Crippen MR) is 60.3 cm³/mol. The normalized spacial score (nSPS) is 9.71. The van der Waals surface area contributed by atoms with Crippen molar-refractivity contribution in [2.24, 2.45) is 0 Å². The Labute approximate surface area is 98.6 Å². The number of rotatable bonds is 3. The van der Waals surface area contributed by atoms with Crippen LogP contribution in [-0.2, 0) is 0 Å². The molecule has 0 saturated carbocycles. The second-order valence-electron chi connectivity index (χ2n) is 2.45. The van der Waals surface area contributed by atoms with Crippen LogP contribution in [0.2, 0.25) is 0 Å². The van der Waals surface area contributed by atoms with Crippen LogP contribution in [0.1, 0.15) is 10.4 Å². The van der Waals surface area contributed by atoms with Crippen LogP contribution in [0.5, 0.6) is 11.5 Å². The number of methoxy groups -OCH3 is 2. The summed E-state index contributed by atoms with van der Waals surface area (Å²) in [4.78, 5) is 10.7. The molecule has 1 aromatic carbocycles. The third-order valence-electron chi connectivity index (χ3n) is 1.69. The third-order valence-corrected chi connectivity index (χ3v) is 3.10. The van der Waals surface area contributed by atoms with Crippen molar-refractivity contribution >= 4 is 38.1 Å². The van der Waals surface area contributed by atoms with Crippen molar-refractivity contribution < 1.29 is 14.3 Å². The van der Waals surface area contributed by atoms with Gasteiger partial charge in [0, 0.05) is 5.56 Å². The van der Waals surface area contributed by atoms with Crippen LogP contribution in [0, 0.1) is 0 Å². The Balaban J connectivity index is 3.47. The van der Waals surface area contributed by atoms with E-state index in [0.29, 0.717) is 26.0 Å². The zero-order valence-corrected chi connectivity index (χ0v) is 10.8. The number of benzene rings is 1. The number of hydrogen-bond acceptors (Lipinski definition) is 3. The van der Waals surface area contributed by atoms with Crippen LogP contribution < -0.4 is 9.47 Å². The summed E-state index contributed by atoms with van der Waals surface area (Å²) >= 11 is 6.56. The number of carbonyl (C=O) groups excluding carboxylic acids is 1. The molecule has 1 aromatic rings. The topological polar surface area (TPSA) is 35.5 Å². The van der Waals surface area contributed by atoms with Crippen molar-refractivity contribution in [1.82, 2.24) is 0 Å². The van der Waals surface area contributed by atoms with Gasteiger partial charge in [0.1, 0.15) is 0 Å². The summed E-state index contributed by atoms with van der Waals surface area (Å²) in [6.45, 7) is 0. The molecule has 0 unspecified atom stereocenters. The molecule has 0 saturated heterocycles. The molecule has 0 atom stereocenters. The van der Waals surface area contributed by atoms with Gasteiger partial charge in [0.2, 0.25) is 0 Å². The average molecular weight is 324 g/mol. The van der Waals surface area contributed by atoms with Gasteiger partial charge in [-0.25, -0.2) is 0 Å². The molecule has 0 aliphatic heterocycles. The van der Waals surface area contributed by atoms with E-state index in [4.69, 9.17) is 9.47 Å². The number of aldehydes is 1. The molecular formula is C9H8Br2O3. The summed E-state index contributed by atoms with van der Waals surface area (Å²) in [7, 11) is 3.05. The highest BCUT2D eigenvalue weighted by atomic mass is 79.9. The molecule has 1 rings (SSSR count). The van der Waals surface area contributed by atoms with Gasteiger partial charge in [-0.15, -0.1) is 0 Å². The largest absolute Gasteiger partial charge is 0.492 e. The highest BCUT2D eigenvalue weighted by Gasteiger charge is 2.16. The summed E-state index contributed by atoms with van der Waals surface area (Å²) in [5.74, 6) is 1.06. The van der Waals surface area contributed by atoms with E-state index in [9.17, 15) is 4.79 Å². The van der Waals surface area contributed by atoms with Crippen molar-refractivity contribution in [3.05, 3.63) is 20.6 Å². The van der Waals surface area contributed by atoms with E-state index in [1.54, 1.807) is 6.07 Å². The molecule has 0 radical (unpaired) electrons. The van der Waals surface area contributed by atoms with Crippen LogP contribution in [-0.4, -0.2) is 20.5 Å². The molecule has 0 heterocycles. The number of halogens is 2. The molecular weight excluding hydrogens is 316 g/mol. The van der Waals surface area contributed by atoms with Crippen molar-refractivity contribution in [3.8, 4) is 11.5 Å². The van der Waals surface area contributed by atoms with Crippen molar-refractivity contribution in [3.63, 3.8) is 0 Å². The first-order valence-electron chi connectivity index (χ1n) is 3.70. The molecule has 0 N–H and O–H groups in total. The predicted octanol–water partition coefficient (Wildman–Crippen LogP) is 3.04. The summed E-state index contributed by atoms with van der Waals surface area (Å²) in [6.07, 6.45) is 0.747. The van der Waals surface area contributed by atoms with Gasteiger partial charge in [0.25, 0.3) is 0 Å². The lowest BCUT2D eigenvalue weighted by Crippen LogP contribution is -1.95. The summed E-state index contributed by atoms with van der Waals surface area (Å²) in [5.41, 5.74) is 0.509. The second-order valence-corrected chi connectivity index (χ2v) is 4.09. The Morgan fingerprint density at radius 2 is 1.79 bits per heavy atom. The fraction of sp³-hybridized carbons (Fsp3) is 0.222. The Morgan fingerprint density at radius 1 is 1.21 bits per heavy atom. The molecule has 76 valence electrons. The fourth-order valence-corrected chi connectivity index (χ4v) is 2.20. The van der Waals surface area contributed by atoms with Gasteiger partial charge in [0.05, 0.1) is 23.2 Å².